The van der Waals surface area contributed by atoms with Crippen molar-refractivity contribution in [3.05, 3.63) is 76.8 Å². The lowest BCUT2D eigenvalue weighted by molar-refractivity contribution is -0.126. The second-order valence-electron chi connectivity index (χ2n) is 7.41. The van der Waals surface area contributed by atoms with Crippen molar-refractivity contribution >= 4 is 33.2 Å². The van der Waals surface area contributed by atoms with Crippen molar-refractivity contribution < 1.29 is 14.3 Å². The molecule has 1 atom stereocenters. The molecule has 0 saturated carbocycles. The average Bonchev–Trinajstić information content (AvgIpc) is 3.28. The molecule has 0 spiro atoms. The summed E-state index contributed by atoms with van der Waals surface area (Å²) in [5.74, 6) is 0.433. The molecule has 2 aliphatic rings. The number of carbonyl (C=O) groups is 2. The Bertz CT molecular complexity index is 1150. The Morgan fingerprint density at radius 2 is 2.03 bits per heavy atom. The van der Waals surface area contributed by atoms with Crippen molar-refractivity contribution in [1.82, 2.24) is 10.2 Å². The van der Waals surface area contributed by atoms with Crippen LogP contribution in [0.1, 0.15) is 34.3 Å². The maximum absolute atomic E-state index is 13.0. The van der Waals surface area contributed by atoms with Gasteiger partial charge in [-0.15, -0.1) is 11.3 Å². The smallest absolute Gasteiger partial charge is 0.255 e. The summed E-state index contributed by atoms with van der Waals surface area (Å²) < 4.78 is 7.37. The number of ether oxygens (including phenoxy) is 1. The van der Waals surface area contributed by atoms with E-state index in [-0.39, 0.29) is 11.8 Å². The highest BCUT2D eigenvalue weighted by molar-refractivity contribution is 7.17. The fraction of sp³-hybridized carbons (Fsp3) is 0.217. The van der Waals surface area contributed by atoms with E-state index in [1.807, 2.05) is 30.3 Å². The third-order valence-electron chi connectivity index (χ3n) is 5.60. The summed E-state index contributed by atoms with van der Waals surface area (Å²) >= 11 is 1.70. The zero-order valence-electron chi connectivity index (χ0n) is 15.8. The summed E-state index contributed by atoms with van der Waals surface area (Å²) in [6, 6.07) is 13.3. The highest BCUT2D eigenvalue weighted by Gasteiger charge is 2.39. The summed E-state index contributed by atoms with van der Waals surface area (Å²) in [4.78, 5) is 27.0. The molecule has 0 aliphatic carbocycles. The van der Waals surface area contributed by atoms with Gasteiger partial charge < -0.3 is 15.0 Å². The summed E-state index contributed by atoms with van der Waals surface area (Å²) in [5, 5.41) is 6.08. The van der Waals surface area contributed by atoms with Gasteiger partial charge in [-0.25, -0.2) is 0 Å². The lowest BCUT2D eigenvalue weighted by Crippen LogP contribution is -2.49. The predicted molar refractivity (Wildman–Crippen MR) is 113 cm³/mol. The zero-order valence-corrected chi connectivity index (χ0v) is 16.6. The molecule has 0 radical (unpaired) electrons. The standard InChI is InChI=1S/C23H20N2O3S/c1-14-9-10-19(22(26)24-14)25-11-18-17(23(25)27)6-4-7-20(18)28-12-15-13-29-21-8-3-2-5-16(15)21/h2-8,13,19H,1,9-12H2,(H,24,26). The van der Waals surface area contributed by atoms with Crippen molar-refractivity contribution in [2.24, 2.45) is 0 Å². The number of piperidine rings is 1. The molecule has 5 rings (SSSR count). The number of thiophene rings is 1. The molecular formula is C23H20N2O3S. The molecule has 3 heterocycles. The SMILES string of the molecule is C=C1CCC(N2Cc3c(OCc4csc5ccccc45)cccc3C2=O)C(=O)N1. The molecule has 5 nitrogen and oxygen atoms in total. The molecule has 146 valence electrons. The molecule has 1 unspecified atom stereocenters. The normalized spacial score (nSPS) is 18.8. The number of carbonyl (C=O) groups excluding carboxylic acids is 2. The molecule has 29 heavy (non-hydrogen) atoms. The Morgan fingerprint density at radius 1 is 1.17 bits per heavy atom. The highest BCUT2D eigenvalue weighted by atomic mass is 32.1. The van der Waals surface area contributed by atoms with Crippen molar-refractivity contribution in [2.45, 2.75) is 32.0 Å². The number of allylic oxidation sites excluding steroid dienone is 1. The number of nitrogens with zero attached hydrogens (tertiary/aromatic N) is 1. The molecule has 1 aromatic heterocycles. The Labute approximate surface area is 172 Å². The van der Waals surface area contributed by atoms with E-state index < -0.39 is 6.04 Å². The highest BCUT2D eigenvalue weighted by Crippen LogP contribution is 2.35. The van der Waals surface area contributed by atoms with Crippen LogP contribution in [0.3, 0.4) is 0 Å². The number of amides is 2. The van der Waals surface area contributed by atoms with Crippen molar-refractivity contribution in [2.75, 3.05) is 0 Å². The molecule has 3 aromatic rings. The van der Waals surface area contributed by atoms with E-state index in [0.29, 0.717) is 43.0 Å². The number of fused-ring (bicyclic) bond motifs is 2. The van der Waals surface area contributed by atoms with Gasteiger partial charge in [-0.3, -0.25) is 9.59 Å². The Balaban J connectivity index is 1.38. The van der Waals surface area contributed by atoms with E-state index in [1.54, 1.807) is 16.2 Å². The number of rotatable bonds is 4. The molecule has 1 saturated heterocycles. The minimum atomic E-state index is -0.464. The van der Waals surface area contributed by atoms with Crippen LogP contribution in [-0.4, -0.2) is 22.8 Å². The first kappa shape index (κ1) is 17.9. The van der Waals surface area contributed by atoms with Crippen LogP contribution >= 0.6 is 11.3 Å². The van der Waals surface area contributed by atoms with Gasteiger partial charge in [0.15, 0.2) is 0 Å². The minimum Gasteiger partial charge on any atom is -0.488 e. The lowest BCUT2D eigenvalue weighted by atomic mass is 10.0. The summed E-state index contributed by atoms with van der Waals surface area (Å²) in [7, 11) is 0. The van der Waals surface area contributed by atoms with Crippen molar-refractivity contribution in [3.63, 3.8) is 0 Å². The second-order valence-corrected chi connectivity index (χ2v) is 8.32. The molecular weight excluding hydrogens is 384 g/mol. The van der Waals surface area contributed by atoms with Gasteiger partial charge in [0.05, 0.1) is 6.54 Å². The van der Waals surface area contributed by atoms with Gasteiger partial charge in [-0.2, -0.15) is 0 Å². The maximum Gasteiger partial charge on any atom is 0.255 e. The van der Waals surface area contributed by atoms with Gasteiger partial charge in [0.2, 0.25) is 5.91 Å². The molecule has 1 N–H and O–H groups in total. The third kappa shape index (κ3) is 3.09. The van der Waals surface area contributed by atoms with Crippen LogP contribution in [0.4, 0.5) is 0 Å². The topological polar surface area (TPSA) is 58.6 Å². The van der Waals surface area contributed by atoms with E-state index in [0.717, 1.165) is 11.1 Å². The maximum atomic E-state index is 13.0. The summed E-state index contributed by atoms with van der Waals surface area (Å²) in [6.45, 7) is 4.65. The number of hydrogen-bond donors (Lipinski definition) is 1. The molecule has 0 bridgehead atoms. The van der Waals surface area contributed by atoms with Gasteiger partial charge >= 0.3 is 0 Å². The van der Waals surface area contributed by atoms with Gasteiger partial charge in [0.25, 0.3) is 5.91 Å². The van der Waals surface area contributed by atoms with Gasteiger partial charge in [0, 0.05) is 27.1 Å². The van der Waals surface area contributed by atoms with E-state index in [4.69, 9.17) is 4.74 Å². The van der Waals surface area contributed by atoms with Crippen LogP contribution in [0.2, 0.25) is 0 Å². The molecule has 1 fully saturated rings. The second kappa shape index (κ2) is 7.04. The predicted octanol–water partition coefficient (Wildman–Crippen LogP) is 4.23. The van der Waals surface area contributed by atoms with Crippen molar-refractivity contribution in [3.8, 4) is 5.75 Å². The molecule has 2 aliphatic heterocycles. The number of hydrogen-bond acceptors (Lipinski definition) is 4. The van der Waals surface area contributed by atoms with Crippen LogP contribution in [0.15, 0.2) is 60.1 Å². The number of benzene rings is 2. The fourth-order valence-corrected chi connectivity index (χ4v) is 5.02. The van der Waals surface area contributed by atoms with Crippen LogP contribution in [-0.2, 0) is 17.9 Å². The first-order valence-electron chi connectivity index (χ1n) is 9.61. The Morgan fingerprint density at radius 3 is 2.90 bits per heavy atom. The number of nitrogens with one attached hydrogen (secondary N) is 1. The third-order valence-corrected chi connectivity index (χ3v) is 6.61. The van der Waals surface area contributed by atoms with E-state index in [9.17, 15) is 9.59 Å². The molecule has 6 heteroatoms. The van der Waals surface area contributed by atoms with Gasteiger partial charge in [0.1, 0.15) is 18.4 Å². The Kier molecular flexibility index (Phi) is 4.36. The quantitative estimate of drug-likeness (QED) is 0.708. The van der Waals surface area contributed by atoms with E-state index >= 15 is 0 Å². The van der Waals surface area contributed by atoms with E-state index in [2.05, 4.69) is 29.4 Å². The monoisotopic (exact) mass is 404 g/mol. The van der Waals surface area contributed by atoms with Gasteiger partial charge in [-0.1, -0.05) is 30.8 Å². The minimum absolute atomic E-state index is 0.112. The molecule has 2 amide bonds. The first-order chi connectivity index (χ1) is 14.1. The lowest BCUT2D eigenvalue weighted by Gasteiger charge is -2.31. The van der Waals surface area contributed by atoms with Crippen LogP contribution in [0.25, 0.3) is 10.1 Å². The molecule has 2 aromatic carbocycles. The summed E-state index contributed by atoms with van der Waals surface area (Å²) in [5.41, 5.74) is 3.32. The average molecular weight is 404 g/mol. The van der Waals surface area contributed by atoms with Crippen LogP contribution < -0.4 is 10.1 Å². The summed E-state index contributed by atoms with van der Waals surface area (Å²) in [6.07, 6.45) is 1.28. The van der Waals surface area contributed by atoms with E-state index in [1.165, 1.54) is 10.1 Å². The van der Waals surface area contributed by atoms with Crippen molar-refractivity contribution in [1.29, 1.82) is 0 Å². The van der Waals surface area contributed by atoms with Gasteiger partial charge in [-0.05, 0) is 41.8 Å². The Hall–Kier alpha value is -3.12. The largest absolute Gasteiger partial charge is 0.488 e. The zero-order chi connectivity index (χ0) is 20.0. The fourth-order valence-electron chi connectivity index (χ4n) is 4.07. The van der Waals surface area contributed by atoms with Crippen LogP contribution in [0, 0.1) is 0 Å². The first-order valence-corrected chi connectivity index (χ1v) is 10.5. The van der Waals surface area contributed by atoms with Crippen LogP contribution in [0.5, 0.6) is 5.75 Å².